The lowest BCUT2D eigenvalue weighted by Crippen LogP contribution is -2.27. The number of nitrogens with zero attached hydrogens (tertiary/aromatic N) is 1. The molecule has 0 saturated heterocycles. The summed E-state index contributed by atoms with van der Waals surface area (Å²) in [6.45, 7) is 0. The molecular formula is C16H21N. The van der Waals surface area contributed by atoms with Crippen LogP contribution >= 0.6 is 0 Å². The molecule has 90 valence electrons. The zero-order chi connectivity index (χ0) is 11.4. The predicted octanol–water partition coefficient (Wildman–Crippen LogP) is 3.80. The van der Waals surface area contributed by atoms with Gasteiger partial charge in [0.15, 0.2) is 0 Å². The highest BCUT2D eigenvalue weighted by Crippen LogP contribution is 2.57. The molecule has 1 aliphatic heterocycles. The summed E-state index contributed by atoms with van der Waals surface area (Å²) in [5.41, 5.74) is 3.15. The standard InChI is InChI=1S/C16H21N/c1-17-14-9-5-4-8-13(14)16-12-7-3-2-6-11(12)10-15(16)17/h4-5,8-9,11-12,15-16H,2-3,6-7,10H2,1H3. The second-order valence-electron chi connectivity index (χ2n) is 6.21. The zero-order valence-corrected chi connectivity index (χ0v) is 10.6. The highest BCUT2D eigenvalue weighted by Gasteiger charge is 2.50. The smallest absolute Gasteiger partial charge is 0.0402 e. The number of rotatable bonds is 0. The van der Waals surface area contributed by atoms with Crippen LogP contribution in [-0.4, -0.2) is 13.1 Å². The van der Waals surface area contributed by atoms with Gasteiger partial charge in [-0.1, -0.05) is 37.5 Å². The number of para-hydroxylation sites is 1. The van der Waals surface area contributed by atoms with Crippen molar-refractivity contribution in [3.8, 4) is 0 Å². The van der Waals surface area contributed by atoms with E-state index in [0.717, 1.165) is 23.8 Å². The van der Waals surface area contributed by atoms with Gasteiger partial charge in [0.25, 0.3) is 0 Å². The largest absolute Gasteiger partial charge is 0.371 e. The number of hydrogen-bond acceptors (Lipinski definition) is 1. The Morgan fingerprint density at radius 3 is 2.88 bits per heavy atom. The number of likely N-dealkylation sites (N-methyl/N-ethyl adjacent to an activating group) is 1. The number of hydrogen-bond donors (Lipinski definition) is 0. The Morgan fingerprint density at radius 1 is 1.12 bits per heavy atom. The SMILES string of the molecule is CN1c2ccccc2C2C3CCCCC3CC21. The van der Waals surface area contributed by atoms with Gasteiger partial charge < -0.3 is 4.90 Å². The lowest BCUT2D eigenvalue weighted by Gasteiger charge is -2.28. The van der Waals surface area contributed by atoms with Gasteiger partial charge in [0.1, 0.15) is 0 Å². The number of anilines is 1. The molecule has 1 nitrogen and oxygen atoms in total. The maximum Gasteiger partial charge on any atom is 0.0402 e. The highest BCUT2D eigenvalue weighted by atomic mass is 15.2. The van der Waals surface area contributed by atoms with Crippen molar-refractivity contribution in [3.63, 3.8) is 0 Å². The molecule has 0 spiro atoms. The Labute approximate surface area is 104 Å². The van der Waals surface area contributed by atoms with Crippen LogP contribution < -0.4 is 4.90 Å². The first-order chi connectivity index (χ1) is 8.36. The molecular weight excluding hydrogens is 206 g/mol. The molecule has 1 heterocycles. The molecule has 0 amide bonds. The summed E-state index contributed by atoms with van der Waals surface area (Å²) in [4.78, 5) is 2.57. The second kappa shape index (κ2) is 3.51. The molecule has 4 unspecified atom stereocenters. The fourth-order valence-electron chi connectivity index (χ4n) is 4.85. The number of benzene rings is 1. The lowest BCUT2D eigenvalue weighted by atomic mass is 9.76. The summed E-state index contributed by atoms with van der Waals surface area (Å²) >= 11 is 0. The molecule has 1 aromatic carbocycles. The molecule has 2 saturated carbocycles. The van der Waals surface area contributed by atoms with Crippen molar-refractivity contribution in [2.24, 2.45) is 11.8 Å². The fourth-order valence-corrected chi connectivity index (χ4v) is 4.85. The molecule has 17 heavy (non-hydrogen) atoms. The Bertz CT molecular complexity index is 437. The van der Waals surface area contributed by atoms with Crippen LogP contribution in [0.3, 0.4) is 0 Å². The molecule has 3 aliphatic rings. The van der Waals surface area contributed by atoms with E-state index in [-0.39, 0.29) is 0 Å². The van der Waals surface area contributed by atoms with Crippen molar-refractivity contribution in [1.82, 2.24) is 0 Å². The van der Waals surface area contributed by atoms with E-state index in [4.69, 9.17) is 0 Å². The van der Waals surface area contributed by atoms with Crippen molar-refractivity contribution < 1.29 is 0 Å². The molecule has 4 atom stereocenters. The third-order valence-corrected chi connectivity index (χ3v) is 5.56. The molecule has 4 rings (SSSR count). The van der Waals surface area contributed by atoms with E-state index < -0.39 is 0 Å². The van der Waals surface area contributed by atoms with Gasteiger partial charge in [-0.25, -0.2) is 0 Å². The van der Waals surface area contributed by atoms with Crippen molar-refractivity contribution in [1.29, 1.82) is 0 Å². The molecule has 0 bridgehead atoms. The summed E-state index contributed by atoms with van der Waals surface area (Å²) in [6, 6.07) is 9.92. The van der Waals surface area contributed by atoms with Crippen molar-refractivity contribution in [2.75, 3.05) is 11.9 Å². The van der Waals surface area contributed by atoms with Crippen LogP contribution in [-0.2, 0) is 0 Å². The Morgan fingerprint density at radius 2 is 1.94 bits per heavy atom. The minimum atomic E-state index is 0.806. The molecule has 1 aromatic rings. The van der Waals surface area contributed by atoms with Gasteiger partial charge in [-0.05, 0) is 36.3 Å². The van der Waals surface area contributed by atoms with Crippen LogP contribution in [0.1, 0.15) is 43.6 Å². The normalized spacial score (nSPS) is 38.8. The first-order valence-electron chi connectivity index (χ1n) is 7.18. The van der Waals surface area contributed by atoms with Gasteiger partial charge in [0, 0.05) is 24.7 Å². The van der Waals surface area contributed by atoms with Crippen LogP contribution in [0, 0.1) is 11.8 Å². The van der Waals surface area contributed by atoms with Crippen LogP contribution in [0.4, 0.5) is 5.69 Å². The highest BCUT2D eigenvalue weighted by molar-refractivity contribution is 5.62. The molecule has 2 aliphatic carbocycles. The van der Waals surface area contributed by atoms with Crippen molar-refractivity contribution >= 4 is 5.69 Å². The van der Waals surface area contributed by atoms with Crippen molar-refractivity contribution in [2.45, 2.75) is 44.1 Å². The first-order valence-corrected chi connectivity index (χ1v) is 7.18. The van der Waals surface area contributed by atoms with E-state index in [1.54, 1.807) is 5.56 Å². The van der Waals surface area contributed by atoms with Crippen LogP contribution in [0.15, 0.2) is 24.3 Å². The van der Waals surface area contributed by atoms with E-state index in [2.05, 4.69) is 36.2 Å². The Kier molecular flexibility index (Phi) is 2.06. The Balaban J connectivity index is 1.78. The monoisotopic (exact) mass is 227 g/mol. The van der Waals surface area contributed by atoms with E-state index in [1.165, 1.54) is 37.8 Å². The minimum Gasteiger partial charge on any atom is -0.371 e. The summed E-state index contributed by atoms with van der Waals surface area (Å²) < 4.78 is 0. The summed E-state index contributed by atoms with van der Waals surface area (Å²) in [7, 11) is 2.31. The van der Waals surface area contributed by atoms with Gasteiger partial charge in [0.2, 0.25) is 0 Å². The summed E-state index contributed by atoms with van der Waals surface area (Å²) in [5.74, 6) is 2.86. The quantitative estimate of drug-likeness (QED) is 0.651. The Hall–Kier alpha value is -0.980. The molecule has 1 heteroatoms. The van der Waals surface area contributed by atoms with E-state index in [0.29, 0.717) is 0 Å². The van der Waals surface area contributed by atoms with Gasteiger partial charge in [-0.15, -0.1) is 0 Å². The summed E-state index contributed by atoms with van der Waals surface area (Å²) in [6.07, 6.45) is 7.37. The molecule has 2 fully saturated rings. The van der Waals surface area contributed by atoms with E-state index >= 15 is 0 Å². The van der Waals surface area contributed by atoms with Crippen LogP contribution in [0.25, 0.3) is 0 Å². The van der Waals surface area contributed by atoms with Gasteiger partial charge >= 0.3 is 0 Å². The zero-order valence-electron chi connectivity index (χ0n) is 10.6. The topological polar surface area (TPSA) is 3.24 Å². The van der Waals surface area contributed by atoms with Crippen molar-refractivity contribution in [3.05, 3.63) is 29.8 Å². The molecule has 0 radical (unpaired) electrons. The predicted molar refractivity (Wildman–Crippen MR) is 71.4 cm³/mol. The maximum absolute atomic E-state index is 2.57. The lowest BCUT2D eigenvalue weighted by molar-refractivity contribution is 0.260. The van der Waals surface area contributed by atoms with Gasteiger partial charge in [-0.2, -0.15) is 0 Å². The average molecular weight is 227 g/mol. The average Bonchev–Trinajstić information content (AvgIpc) is 2.88. The summed E-state index contributed by atoms with van der Waals surface area (Å²) in [5, 5.41) is 0. The van der Waals surface area contributed by atoms with Crippen LogP contribution in [0.2, 0.25) is 0 Å². The third kappa shape index (κ3) is 1.26. The van der Waals surface area contributed by atoms with Gasteiger partial charge in [-0.3, -0.25) is 0 Å². The fraction of sp³-hybridized carbons (Fsp3) is 0.625. The number of fused-ring (bicyclic) bond motifs is 5. The third-order valence-electron chi connectivity index (χ3n) is 5.56. The molecule has 0 N–H and O–H groups in total. The first kappa shape index (κ1) is 9.99. The minimum absolute atomic E-state index is 0.806. The van der Waals surface area contributed by atoms with Gasteiger partial charge in [0.05, 0.1) is 0 Å². The van der Waals surface area contributed by atoms with E-state index in [1.807, 2.05) is 0 Å². The maximum atomic E-state index is 2.57. The van der Waals surface area contributed by atoms with E-state index in [9.17, 15) is 0 Å². The molecule has 0 aromatic heterocycles. The second-order valence-corrected chi connectivity index (χ2v) is 6.21. The van der Waals surface area contributed by atoms with Crippen LogP contribution in [0.5, 0.6) is 0 Å².